The number of hydrogen-bond acceptors (Lipinski definition) is 3. The Hall–Kier alpha value is -2.37. The van der Waals surface area contributed by atoms with Gasteiger partial charge in [-0.05, 0) is 24.1 Å². The maximum atomic E-state index is 12.3. The third kappa shape index (κ3) is 2.24. The number of benzene rings is 1. The van der Waals surface area contributed by atoms with Crippen LogP contribution in [-0.4, -0.2) is 57.5 Å². The van der Waals surface area contributed by atoms with Gasteiger partial charge in [0.25, 0.3) is 0 Å². The monoisotopic (exact) mass is 298 g/mol. The Morgan fingerprint density at radius 1 is 1.36 bits per heavy atom. The Balaban J connectivity index is 1.36. The number of rotatable bonds is 3. The molecule has 2 amide bonds. The zero-order valence-electron chi connectivity index (χ0n) is 12.3. The summed E-state index contributed by atoms with van der Waals surface area (Å²) in [5.74, 6) is 0.369. The Morgan fingerprint density at radius 2 is 2.23 bits per heavy atom. The average Bonchev–Trinajstić information content (AvgIpc) is 3.06. The van der Waals surface area contributed by atoms with E-state index in [1.165, 1.54) is 0 Å². The first kappa shape index (κ1) is 13.3. The van der Waals surface area contributed by atoms with Crippen molar-refractivity contribution in [3.8, 4) is 0 Å². The summed E-state index contributed by atoms with van der Waals surface area (Å²) in [6, 6.07) is 6.14. The van der Waals surface area contributed by atoms with Gasteiger partial charge in [-0.15, -0.1) is 0 Å². The molecule has 0 saturated carbocycles. The van der Waals surface area contributed by atoms with Crippen LogP contribution in [0.5, 0.6) is 0 Å². The molecule has 4 rings (SSSR count). The van der Waals surface area contributed by atoms with E-state index in [9.17, 15) is 9.59 Å². The lowest BCUT2D eigenvalue weighted by molar-refractivity contribution is -0.143. The lowest BCUT2D eigenvalue weighted by atomic mass is 10.0. The zero-order valence-corrected chi connectivity index (χ0v) is 12.3. The summed E-state index contributed by atoms with van der Waals surface area (Å²) in [5, 5.41) is 7.91. The van der Waals surface area contributed by atoms with Crippen molar-refractivity contribution in [1.29, 1.82) is 0 Å². The fourth-order valence-corrected chi connectivity index (χ4v) is 3.30. The van der Waals surface area contributed by atoms with Crippen LogP contribution in [0, 0.1) is 0 Å². The van der Waals surface area contributed by atoms with Crippen LogP contribution in [0.4, 0.5) is 0 Å². The van der Waals surface area contributed by atoms with Crippen molar-refractivity contribution < 1.29 is 9.59 Å². The van der Waals surface area contributed by atoms with E-state index in [0.717, 1.165) is 29.4 Å². The maximum Gasteiger partial charge on any atom is 0.227 e. The quantitative estimate of drug-likeness (QED) is 0.917. The number of H-pyrrole nitrogens is 1. The van der Waals surface area contributed by atoms with Gasteiger partial charge in [-0.2, -0.15) is 5.10 Å². The fraction of sp³-hybridized carbons (Fsp3) is 0.438. The molecule has 22 heavy (non-hydrogen) atoms. The number of carbonyl (C=O) groups is 2. The third-order valence-corrected chi connectivity index (χ3v) is 4.63. The standard InChI is InChI=1S/C16H18N4O2/c21-15-2-1-5-20(15)13-9-19(10-13)16(22)7-11-3-4-14-12(6-11)8-17-18-14/h3-4,6,8,13H,1-2,5,7,9-10H2,(H,17,18). The smallest absolute Gasteiger partial charge is 0.227 e. The summed E-state index contributed by atoms with van der Waals surface area (Å²) in [6.45, 7) is 2.21. The van der Waals surface area contributed by atoms with Gasteiger partial charge in [-0.25, -0.2) is 0 Å². The van der Waals surface area contributed by atoms with E-state index in [2.05, 4.69) is 10.2 Å². The first-order valence-corrected chi connectivity index (χ1v) is 7.70. The lowest BCUT2D eigenvalue weighted by Crippen LogP contribution is -2.61. The van der Waals surface area contributed by atoms with Crippen LogP contribution in [-0.2, 0) is 16.0 Å². The van der Waals surface area contributed by atoms with Gasteiger partial charge in [0.2, 0.25) is 11.8 Å². The molecule has 114 valence electrons. The van der Waals surface area contributed by atoms with E-state index in [4.69, 9.17) is 0 Å². The van der Waals surface area contributed by atoms with E-state index in [1.54, 1.807) is 6.20 Å². The number of carbonyl (C=O) groups excluding carboxylic acids is 2. The normalized spacial score (nSPS) is 19.0. The van der Waals surface area contributed by atoms with Crippen LogP contribution < -0.4 is 0 Å². The van der Waals surface area contributed by atoms with Gasteiger partial charge < -0.3 is 9.80 Å². The second kappa shape index (κ2) is 5.12. The molecule has 6 nitrogen and oxygen atoms in total. The number of likely N-dealkylation sites (tertiary alicyclic amines) is 2. The predicted molar refractivity (Wildman–Crippen MR) is 81.1 cm³/mol. The molecule has 1 aromatic carbocycles. The molecule has 1 N–H and O–H groups in total. The molecule has 6 heteroatoms. The molecule has 3 heterocycles. The number of fused-ring (bicyclic) bond motifs is 1. The molecule has 2 aromatic rings. The molecule has 0 atom stereocenters. The number of hydrogen-bond donors (Lipinski definition) is 1. The molecule has 0 aliphatic carbocycles. The van der Waals surface area contributed by atoms with Gasteiger partial charge in [-0.3, -0.25) is 14.7 Å². The number of aromatic amines is 1. The van der Waals surface area contributed by atoms with E-state index >= 15 is 0 Å². The molecule has 0 bridgehead atoms. The summed E-state index contributed by atoms with van der Waals surface area (Å²) in [5.41, 5.74) is 1.98. The largest absolute Gasteiger partial charge is 0.338 e. The van der Waals surface area contributed by atoms with Crippen LogP contribution >= 0.6 is 0 Å². The molecule has 0 unspecified atom stereocenters. The molecule has 2 aliphatic rings. The SMILES string of the molecule is O=C(Cc1ccc2[nH]ncc2c1)N1CC(N2CCCC2=O)C1. The Kier molecular flexibility index (Phi) is 3.10. The minimum absolute atomic E-state index is 0.130. The summed E-state index contributed by atoms with van der Waals surface area (Å²) in [4.78, 5) is 27.8. The summed E-state index contributed by atoms with van der Waals surface area (Å²) >= 11 is 0. The van der Waals surface area contributed by atoms with Crippen molar-refractivity contribution in [2.24, 2.45) is 0 Å². The van der Waals surface area contributed by atoms with Crippen molar-refractivity contribution in [1.82, 2.24) is 20.0 Å². The van der Waals surface area contributed by atoms with Gasteiger partial charge in [0.05, 0.1) is 24.2 Å². The average molecular weight is 298 g/mol. The van der Waals surface area contributed by atoms with Gasteiger partial charge >= 0.3 is 0 Å². The first-order valence-electron chi connectivity index (χ1n) is 7.70. The van der Waals surface area contributed by atoms with Crippen LogP contribution in [0.15, 0.2) is 24.4 Å². The van der Waals surface area contributed by atoms with E-state index in [1.807, 2.05) is 28.0 Å². The van der Waals surface area contributed by atoms with E-state index < -0.39 is 0 Å². The first-order chi connectivity index (χ1) is 10.7. The van der Waals surface area contributed by atoms with Crippen molar-refractivity contribution in [2.75, 3.05) is 19.6 Å². The number of nitrogens with zero attached hydrogens (tertiary/aromatic N) is 3. The van der Waals surface area contributed by atoms with Crippen molar-refractivity contribution >= 4 is 22.7 Å². The molecule has 2 fully saturated rings. The number of aromatic nitrogens is 2. The van der Waals surface area contributed by atoms with Crippen molar-refractivity contribution in [2.45, 2.75) is 25.3 Å². The highest BCUT2D eigenvalue weighted by Crippen LogP contribution is 2.22. The fourth-order valence-electron chi connectivity index (χ4n) is 3.30. The second-order valence-electron chi connectivity index (χ2n) is 6.11. The van der Waals surface area contributed by atoms with Crippen LogP contribution in [0.2, 0.25) is 0 Å². The Bertz CT molecular complexity index is 733. The van der Waals surface area contributed by atoms with Gasteiger partial charge in [0.1, 0.15) is 0 Å². The number of amides is 2. The van der Waals surface area contributed by atoms with Crippen LogP contribution in [0.25, 0.3) is 10.9 Å². The molecule has 1 aromatic heterocycles. The van der Waals surface area contributed by atoms with Gasteiger partial charge in [-0.1, -0.05) is 6.07 Å². The Morgan fingerprint density at radius 3 is 3.00 bits per heavy atom. The molecule has 0 spiro atoms. The van der Waals surface area contributed by atoms with Crippen molar-refractivity contribution in [3.63, 3.8) is 0 Å². The third-order valence-electron chi connectivity index (χ3n) is 4.63. The highest BCUT2D eigenvalue weighted by atomic mass is 16.2. The highest BCUT2D eigenvalue weighted by molar-refractivity contribution is 5.84. The summed E-state index contributed by atoms with van der Waals surface area (Å²) in [7, 11) is 0. The topological polar surface area (TPSA) is 69.3 Å². The minimum atomic E-state index is 0.130. The van der Waals surface area contributed by atoms with Crippen LogP contribution in [0.1, 0.15) is 18.4 Å². The van der Waals surface area contributed by atoms with Crippen molar-refractivity contribution in [3.05, 3.63) is 30.0 Å². The molecule has 2 aliphatic heterocycles. The lowest BCUT2D eigenvalue weighted by Gasteiger charge is -2.44. The Labute approximate surface area is 128 Å². The predicted octanol–water partition coefficient (Wildman–Crippen LogP) is 0.939. The van der Waals surface area contributed by atoms with Gasteiger partial charge in [0.15, 0.2) is 0 Å². The molecular weight excluding hydrogens is 280 g/mol. The van der Waals surface area contributed by atoms with Gasteiger partial charge in [0, 0.05) is 31.4 Å². The minimum Gasteiger partial charge on any atom is -0.338 e. The summed E-state index contributed by atoms with van der Waals surface area (Å²) < 4.78 is 0. The molecular formula is C16H18N4O2. The summed E-state index contributed by atoms with van der Waals surface area (Å²) in [6.07, 6.45) is 3.78. The van der Waals surface area contributed by atoms with Crippen LogP contribution in [0.3, 0.4) is 0 Å². The molecule has 2 saturated heterocycles. The maximum absolute atomic E-state index is 12.3. The van der Waals surface area contributed by atoms with E-state index in [-0.39, 0.29) is 17.9 Å². The second-order valence-corrected chi connectivity index (χ2v) is 6.11. The number of nitrogens with one attached hydrogen (secondary N) is 1. The van der Waals surface area contributed by atoms with E-state index in [0.29, 0.717) is 25.9 Å². The molecule has 0 radical (unpaired) electrons. The zero-order chi connectivity index (χ0) is 15.1. The highest BCUT2D eigenvalue weighted by Gasteiger charge is 2.38.